The van der Waals surface area contributed by atoms with Crippen molar-refractivity contribution < 1.29 is 18.3 Å². The number of allylic oxidation sites excluding steroid dienone is 4. The fourth-order valence-electron chi connectivity index (χ4n) is 4.53. The molecule has 4 rings (SSSR count). The highest BCUT2D eigenvalue weighted by Gasteiger charge is 2.42. The fraction of sp³-hybridized carbons (Fsp3) is 0.296. The fourth-order valence-corrected chi connectivity index (χ4v) is 5.74. The molecule has 1 amide bonds. The summed E-state index contributed by atoms with van der Waals surface area (Å²) in [4.78, 5) is 12.0. The van der Waals surface area contributed by atoms with Crippen LogP contribution >= 0.6 is 23.2 Å². The molecule has 12 heteroatoms. The normalized spacial score (nSPS) is 22.9. The van der Waals surface area contributed by atoms with Crippen molar-refractivity contribution >= 4 is 50.8 Å². The van der Waals surface area contributed by atoms with Crippen LogP contribution in [-0.4, -0.2) is 54.8 Å². The van der Waals surface area contributed by atoms with Gasteiger partial charge in [-0.15, -0.1) is 4.40 Å². The van der Waals surface area contributed by atoms with Gasteiger partial charge in [-0.3, -0.25) is 4.79 Å². The van der Waals surface area contributed by atoms with E-state index in [9.17, 15) is 18.3 Å². The summed E-state index contributed by atoms with van der Waals surface area (Å²) in [6.45, 7) is 3.70. The number of nitrogens with two attached hydrogens (primary N) is 1. The molecule has 39 heavy (non-hydrogen) atoms. The number of aliphatic hydroxyl groups is 1. The second-order valence-electron chi connectivity index (χ2n) is 9.73. The van der Waals surface area contributed by atoms with Crippen molar-refractivity contribution in [2.45, 2.75) is 37.3 Å². The highest BCUT2D eigenvalue weighted by Crippen LogP contribution is 2.41. The first-order valence-corrected chi connectivity index (χ1v) is 14.4. The van der Waals surface area contributed by atoms with Crippen molar-refractivity contribution in [2.75, 3.05) is 6.54 Å². The Kier molecular flexibility index (Phi) is 8.51. The molecule has 2 aromatic carbocycles. The van der Waals surface area contributed by atoms with E-state index in [2.05, 4.69) is 28.8 Å². The smallest absolute Gasteiger partial charge is 0.285 e. The molecule has 1 heterocycles. The summed E-state index contributed by atoms with van der Waals surface area (Å²) in [5.41, 5.74) is 6.66. The zero-order valence-electron chi connectivity index (χ0n) is 21.3. The topological polar surface area (TPSA) is 137 Å². The van der Waals surface area contributed by atoms with Gasteiger partial charge >= 0.3 is 0 Å². The standard InChI is InChI=1S/C27H29Cl2N5O4S/c1-17(35)23(25(30)36)31-26(33-39(37,38)21-12-10-20(29)11-13-21)34-16-22(27(2)14-4-3-5-15-27)24(32-34)18-6-8-19(28)9-7-18/h3-14,17,22-23,35H,15-16H2,1-2H3,(H2,30,36)(H,31,33)/t17-,22+,23+,27?/m1/s1. The number of hydrazone groups is 1. The summed E-state index contributed by atoms with van der Waals surface area (Å²) in [5, 5.41) is 20.1. The Labute approximate surface area is 237 Å². The zero-order valence-corrected chi connectivity index (χ0v) is 23.7. The number of carbonyl (C=O) groups is 1. The summed E-state index contributed by atoms with van der Waals surface area (Å²) in [7, 11) is -4.28. The average Bonchev–Trinajstić information content (AvgIpc) is 3.34. The third-order valence-electron chi connectivity index (χ3n) is 6.77. The number of benzene rings is 2. The number of primary amides is 1. The lowest BCUT2D eigenvalue weighted by Gasteiger charge is -2.34. The number of nitrogens with one attached hydrogen (secondary N) is 1. The molecular formula is C27H29Cl2N5O4S. The van der Waals surface area contributed by atoms with Crippen LogP contribution in [0.15, 0.2) is 87.2 Å². The van der Waals surface area contributed by atoms with Gasteiger partial charge in [0.2, 0.25) is 11.9 Å². The number of aliphatic hydroxyl groups excluding tert-OH is 1. The molecule has 0 saturated heterocycles. The highest BCUT2D eigenvalue weighted by atomic mass is 35.5. The van der Waals surface area contributed by atoms with Crippen LogP contribution in [0.2, 0.25) is 10.0 Å². The predicted molar refractivity (Wildman–Crippen MR) is 153 cm³/mol. The highest BCUT2D eigenvalue weighted by molar-refractivity contribution is 7.90. The van der Waals surface area contributed by atoms with E-state index >= 15 is 0 Å². The number of rotatable bonds is 7. The van der Waals surface area contributed by atoms with Gasteiger partial charge in [-0.2, -0.15) is 13.5 Å². The third kappa shape index (κ3) is 6.52. The van der Waals surface area contributed by atoms with Gasteiger partial charge in [0.25, 0.3) is 10.0 Å². The molecule has 2 aliphatic rings. The number of guanidine groups is 1. The van der Waals surface area contributed by atoms with Crippen molar-refractivity contribution in [3.63, 3.8) is 0 Å². The Morgan fingerprint density at radius 3 is 2.31 bits per heavy atom. The maximum Gasteiger partial charge on any atom is 0.285 e. The van der Waals surface area contributed by atoms with Crippen LogP contribution in [0.3, 0.4) is 0 Å². The molecule has 0 radical (unpaired) electrons. The van der Waals surface area contributed by atoms with Crippen molar-refractivity contribution in [3.8, 4) is 0 Å². The van der Waals surface area contributed by atoms with Crippen molar-refractivity contribution in [1.82, 2.24) is 10.3 Å². The van der Waals surface area contributed by atoms with Gasteiger partial charge in [-0.25, -0.2) is 5.01 Å². The summed E-state index contributed by atoms with van der Waals surface area (Å²) < 4.78 is 30.6. The lowest BCUT2D eigenvalue weighted by atomic mass is 9.70. The van der Waals surface area contributed by atoms with Gasteiger partial charge in [0.1, 0.15) is 6.04 Å². The van der Waals surface area contributed by atoms with E-state index in [0.717, 1.165) is 12.0 Å². The van der Waals surface area contributed by atoms with Gasteiger partial charge in [0.05, 0.1) is 23.3 Å². The van der Waals surface area contributed by atoms with Gasteiger partial charge in [0, 0.05) is 16.0 Å². The van der Waals surface area contributed by atoms with Crippen LogP contribution in [0, 0.1) is 11.3 Å². The first-order valence-electron chi connectivity index (χ1n) is 12.2. The molecule has 0 spiro atoms. The monoisotopic (exact) mass is 589 g/mol. The Hall–Kier alpha value is -3.18. The molecule has 1 aliphatic carbocycles. The third-order valence-corrected chi connectivity index (χ3v) is 8.55. The number of hydrogen-bond acceptors (Lipinski definition) is 5. The summed E-state index contributed by atoms with van der Waals surface area (Å²) in [5.74, 6) is -1.32. The van der Waals surface area contributed by atoms with Crippen LogP contribution < -0.4 is 11.1 Å². The lowest BCUT2D eigenvalue weighted by molar-refractivity contribution is -0.121. The SMILES string of the molecule is C[C@@H](O)[C@H](N/C(=N/S(=O)(=O)c1ccc(Cl)cc1)N1C[C@H](C2(C)C=CC=CC2)C(c2ccc(Cl)cc2)=N1)C(N)=O. The van der Waals surface area contributed by atoms with Gasteiger partial charge in [0.15, 0.2) is 0 Å². The molecule has 4 atom stereocenters. The van der Waals surface area contributed by atoms with E-state index in [0.29, 0.717) is 15.8 Å². The average molecular weight is 591 g/mol. The van der Waals surface area contributed by atoms with Crippen LogP contribution in [-0.2, 0) is 14.8 Å². The predicted octanol–water partition coefficient (Wildman–Crippen LogP) is 3.72. The molecule has 1 aliphatic heterocycles. The van der Waals surface area contributed by atoms with E-state index in [1.54, 1.807) is 12.1 Å². The lowest BCUT2D eigenvalue weighted by Crippen LogP contribution is -2.54. The first-order chi connectivity index (χ1) is 18.4. The molecule has 2 aromatic rings. The molecule has 0 fully saturated rings. The molecule has 1 unspecified atom stereocenters. The summed E-state index contributed by atoms with van der Waals surface area (Å²) in [6.07, 6.45) is 7.60. The van der Waals surface area contributed by atoms with Gasteiger partial charge in [-0.05, 0) is 60.7 Å². The largest absolute Gasteiger partial charge is 0.391 e. The quantitative estimate of drug-likeness (QED) is 0.332. The van der Waals surface area contributed by atoms with Gasteiger partial charge < -0.3 is 16.2 Å². The Morgan fingerprint density at radius 1 is 1.15 bits per heavy atom. The Bertz CT molecular complexity index is 1450. The molecule has 206 valence electrons. The number of halogens is 2. The second-order valence-corrected chi connectivity index (χ2v) is 12.2. The van der Waals surface area contributed by atoms with Crippen LogP contribution in [0.1, 0.15) is 25.8 Å². The van der Waals surface area contributed by atoms with E-state index < -0.39 is 28.1 Å². The van der Waals surface area contributed by atoms with Crippen LogP contribution in [0.5, 0.6) is 0 Å². The minimum absolute atomic E-state index is 0.108. The maximum atomic E-state index is 13.3. The molecule has 0 saturated carbocycles. The molecule has 0 aromatic heterocycles. The van der Waals surface area contributed by atoms with E-state index in [4.69, 9.17) is 34.0 Å². The van der Waals surface area contributed by atoms with Crippen LogP contribution in [0.4, 0.5) is 0 Å². The number of hydrogen-bond donors (Lipinski definition) is 3. The second kappa shape index (κ2) is 11.5. The number of amides is 1. The summed E-state index contributed by atoms with van der Waals surface area (Å²) >= 11 is 12.1. The van der Waals surface area contributed by atoms with Gasteiger partial charge in [-0.1, -0.05) is 66.6 Å². The van der Waals surface area contributed by atoms with E-state index in [1.807, 2.05) is 24.3 Å². The van der Waals surface area contributed by atoms with Crippen molar-refractivity contribution in [3.05, 3.63) is 88.4 Å². The minimum atomic E-state index is -4.28. The molecule has 9 nitrogen and oxygen atoms in total. The molecule has 0 bridgehead atoms. The number of nitrogens with zero attached hydrogens (tertiary/aromatic N) is 3. The number of sulfonamides is 1. The maximum absolute atomic E-state index is 13.3. The van der Waals surface area contributed by atoms with Crippen LogP contribution in [0.25, 0.3) is 0 Å². The van der Waals surface area contributed by atoms with Crippen molar-refractivity contribution in [1.29, 1.82) is 0 Å². The minimum Gasteiger partial charge on any atom is -0.391 e. The number of carbonyl (C=O) groups excluding carboxylic acids is 1. The summed E-state index contributed by atoms with van der Waals surface area (Å²) in [6, 6.07) is 11.4. The van der Waals surface area contributed by atoms with E-state index in [1.165, 1.54) is 36.2 Å². The Morgan fingerprint density at radius 2 is 1.77 bits per heavy atom. The van der Waals surface area contributed by atoms with Crippen molar-refractivity contribution in [2.24, 2.45) is 26.6 Å². The zero-order chi connectivity index (χ0) is 28.4. The molecule has 4 N–H and O–H groups in total. The molecular weight excluding hydrogens is 561 g/mol. The Balaban J connectivity index is 1.83. The first kappa shape index (κ1) is 28.8. The van der Waals surface area contributed by atoms with E-state index in [-0.39, 0.29) is 28.7 Å².